The maximum absolute atomic E-state index is 13.8. The Morgan fingerprint density at radius 2 is 1.58 bits per heavy atom. The van der Waals surface area contributed by atoms with Crippen LogP contribution in [-0.2, 0) is 9.59 Å². The van der Waals surface area contributed by atoms with Crippen LogP contribution in [0.1, 0.15) is 27.5 Å². The highest BCUT2D eigenvalue weighted by molar-refractivity contribution is 6.30. The van der Waals surface area contributed by atoms with E-state index in [1.165, 1.54) is 24.3 Å². The normalized spacial score (nSPS) is 23.9. The minimum absolute atomic E-state index is 0.157. The number of nitro groups is 1. The van der Waals surface area contributed by atoms with Gasteiger partial charge in [0.1, 0.15) is 6.04 Å². The summed E-state index contributed by atoms with van der Waals surface area (Å²) in [6.45, 7) is 0. The zero-order chi connectivity index (χ0) is 25.1. The minimum Gasteiger partial charge on any atom is -0.292 e. The number of amides is 2. The maximum atomic E-state index is 13.8. The first-order valence-electron chi connectivity index (χ1n) is 11.2. The van der Waals surface area contributed by atoms with E-state index in [9.17, 15) is 24.5 Å². The number of fused-ring (bicyclic) bond motifs is 5. The van der Waals surface area contributed by atoms with Crippen molar-refractivity contribution in [3.8, 4) is 0 Å². The van der Waals surface area contributed by atoms with E-state index >= 15 is 0 Å². The summed E-state index contributed by atoms with van der Waals surface area (Å²) in [6.07, 6.45) is 1.64. The predicted molar refractivity (Wildman–Crippen MR) is 131 cm³/mol. The molecule has 3 aliphatic rings. The van der Waals surface area contributed by atoms with E-state index in [-0.39, 0.29) is 17.2 Å². The van der Waals surface area contributed by atoms with Crippen molar-refractivity contribution in [3.63, 3.8) is 0 Å². The van der Waals surface area contributed by atoms with Gasteiger partial charge in [-0.2, -0.15) is 5.10 Å². The molecule has 3 aromatic carbocycles. The molecule has 3 aliphatic heterocycles. The lowest BCUT2D eigenvalue weighted by molar-refractivity contribution is -0.384. The molecule has 36 heavy (non-hydrogen) atoms. The van der Waals surface area contributed by atoms with E-state index in [2.05, 4.69) is 5.10 Å². The van der Waals surface area contributed by atoms with Gasteiger partial charge in [-0.1, -0.05) is 35.9 Å². The lowest BCUT2D eigenvalue weighted by atomic mass is 9.83. The lowest BCUT2D eigenvalue weighted by Crippen LogP contribution is -2.44. The van der Waals surface area contributed by atoms with Gasteiger partial charge >= 0.3 is 0 Å². The molecule has 0 bridgehead atoms. The van der Waals surface area contributed by atoms with Crippen LogP contribution in [0.5, 0.6) is 0 Å². The number of ketones is 1. The SMILES string of the molecule is O=C(c1ccc(Cl)cc1)[C@@H]1[C@@H]2C(=O)N(c3ccc([N+](=O)[O-])cc3)C(=O)[C@H]2[C@H]2c3ccccc3C=NN12. The first kappa shape index (κ1) is 22.1. The fraction of sp³-hybridized carbons (Fsp3) is 0.154. The highest BCUT2D eigenvalue weighted by atomic mass is 35.5. The van der Waals surface area contributed by atoms with Crippen LogP contribution in [0.2, 0.25) is 5.02 Å². The largest absolute Gasteiger partial charge is 0.292 e. The molecule has 0 aromatic heterocycles. The van der Waals surface area contributed by atoms with Gasteiger partial charge in [-0.15, -0.1) is 0 Å². The van der Waals surface area contributed by atoms with Gasteiger partial charge in [0.05, 0.1) is 34.7 Å². The first-order valence-corrected chi connectivity index (χ1v) is 11.6. The van der Waals surface area contributed by atoms with Gasteiger partial charge < -0.3 is 0 Å². The molecule has 0 N–H and O–H groups in total. The Morgan fingerprint density at radius 3 is 2.28 bits per heavy atom. The molecule has 4 atom stereocenters. The van der Waals surface area contributed by atoms with Crippen LogP contribution in [0.25, 0.3) is 0 Å². The van der Waals surface area contributed by atoms with Gasteiger partial charge in [-0.25, -0.2) is 4.90 Å². The highest BCUT2D eigenvalue weighted by Crippen LogP contribution is 2.53. The van der Waals surface area contributed by atoms with Gasteiger partial charge in [-0.05, 0) is 47.5 Å². The van der Waals surface area contributed by atoms with Crippen LogP contribution in [0, 0.1) is 22.0 Å². The van der Waals surface area contributed by atoms with Crippen molar-refractivity contribution in [1.29, 1.82) is 0 Å². The third-order valence-corrected chi connectivity index (χ3v) is 7.26. The summed E-state index contributed by atoms with van der Waals surface area (Å²) in [7, 11) is 0. The Bertz CT molecular complexity index is 1470. The average Bonchev–Trinajstić information content (AvgIpc) is 3.36. The molecular weight excluding hydrogens is 484 g/mol. The first-order chi connectivity index (χ1) is 17.4. The summed E-state index contributed by atoms with van der Waals surface area (Å²) in [4.78, 5) is 52.9. The van der Waals surface area contributed by atoms with E-state index in [0.717, 1.165) is 16.0 Å². The fourth-order valence-electron chi connectivity index (χ4n) is 5.43. The Hall–Kier alpha value is -4.37. The Balaban J connectivity index is 1.47. The fourth-order valence-corrected chi connectivity index (χ4v) is 5.56. The number of benzene rings is 3. The Labute approximate surface area is 209 Å². The molecule has 10 heteroatoms. The number of anilines is 1. The standard InChI is InChI=1S/C26H17ClN4O5/c27-16-7-5-14(6-8-16)24(32)23-21-20(22-19-4-2-1-3-15(19)13-28-30(22)23)25(33)29(26(21)34)17-9-11-18(12-10-17)31(35)36/h1-13,20-23H/t20-,21-,22-,23+/m1/s1. The van der Waals surface area contributed by atoms with E-state index < -0.39 is 40.7 Å². The molecule has 2 amide bonds. The molecule has 178 valence electrons. The van der Waals surface area contributed by atoms with E-state index in [0.29, 0.717) is 10.6 Å². The number of nitrogens with zero attached hydrogens (tertiary/aromatic N) is 4. The molecule has 9 nitrogen and oxygen atoms in total. The molecule has 0 unspecified atom stereocenters. The van der Waals surface area contributed by atoms with Crippen LogP contribution < -0.4 is 4.90 Å². The van der Waals surface area contributed by atoms with Gasteiger partial charge in [-0.3, -0.25) is 29.5 Å². The summed E-state index contributed by atoms with van der Waals surface area (Å²) < 4.78 is 0. The number of rotatable bonds is 4. The summed E-state index contributed by atoms with van der Waals surface area (Å²) >= 11 is 6.00. The summed E-state index contributed by atoms with van der Waals surface area (Å²) in [6, 6.07) is 17.4. The third-order valence-electron chi connectivity index (χ3n) is 7.01. The van der Waals surface area contributed by atoms with Crippen molar-refractivity contribution < 1.29 is 19.3 Å². The highest BCUT2D eigenvalue weighted by Gasteiger charge is 2.65. The molecule has 2 saturated heterocycles. The lowest BCUT2D eigenvalue weighted by Gasteiger charge is -2.33. The van der Waals surface area contributed by atoms with Crippen molar-refractivity contribution in [2.24, 2.45) is 16.9 Å². The van der Waals surface area contributed by atoms with Crippen molar-refractivity contribution >= 4 is 46.8 Å². The molecule has 2 fully saturated rings. The van der Waals surface area contributed by atoms with E-state index in [1.54, 1.807) is 35.5 Å². The minimum atomic E-state index is -1.01. The Kier molecular flexibility index (Phi) is 4.97. The van der Waals surface area contributed by atoms with Crippen molar-refractivity contribution in [2.45, 2.75) is 12.1 Å². The van der Waals surface area contributed by atoms with Gasteiger partial charge in [0, 0.05) is 22.7 Å². The zero-order valence-electron chi connectivity index (χ0n) is 18.5. The second-order valence-corrected chi connectivity index (χ2v) is 9.29. The number of halogens is 1. The number of carbonyl (C=O) groups excluding carboxylic acids is 3. The van der Waals surface area contributed by atoms with Gasteiger partial charge in [0.2, 0.25) is 11.8 Å². The number of Topliss-reactive ketones (excluding diaryl/α,β-unsaturated/α-hetero) is 1. The smallest absolute Gasteiger partial charge is 0.269 e. The number of hydrogen-bond donors (Lipinski definition) is 0. The second kappa shape index (κ2) is 8.10. The number of nitro benzene ring substituents is 1. The number of imide groups is 1. The molecule has 0 spiro atoms. The zero-order valence-corrected chi connectivity index (χ0v) is 19.3. The summed E-state index contributed by atoms with van der Waals surface area (Å²) in [5.74, 6) is -3.18. The van der Waals surface area contributed by atoms with Crippen LogP contribution >= 0.6 is 11.6 Å². The predicted octanol–water partition coefficient (Wildman–Crippen LogP) is 4.01. The topological polar surface area (TPSA) is 113 Å². The third kappa shape index (κ3) is 3.16. The van der Waals surface area contributed by atoms with Crippen molar-refractivity contribution in [2.75, 3.05) is 4.90 Å². The number of hydrogen-bond acceptors (Lipinski definition) is 7. The van der Waals surface area contributed by atoms with Crippen LogP contribution in [-0.4, -0.2) is 39.8 Å². The van der Waals surface area contributed by atoms with Crippen molar-refractivity contribution in [3.05, 3.63) is 105 Å². The van der Waals surface area contributed by atoms with Crippen molar-refractivity contribution in [1.82, 2.24) is 5.01 Å². The average molecular weight is 501 g/mol. The van der Waals surface area contributed by atoms with Gasteiger partial charge in [0.15, 0.2) is 5.78 Å². The number of non-ortho nitro benzene ring substituents is 1. The van der Waals surface area contributed by atoms with Gasteiger partial charge in [0.25, 0.3) is 5.69 Å². The monoisotopic (exact) mass is 500 g/mol. The quantitative estimate of drug-likeness (QED) is 0.231. The van der Waals surface area contributed by atoms with E-state index in [4.69, 9.17) is 11.6 Å². The number of hydrazone groups is 1. The molecule has 6 rings (SSSR count). The summed E-state index contributed by atoms with van der Waals surface area (Å²) in [5.41, 5.74) is 2.04. The van der Waals surface area contributed by atoms with Crippen LogP contribution in [0.3, 0.4) is 0 Å². The van der Waals surface area contributed by atoms with Crippen LogP contribution in [0.4, 0.5) is 11.4 Å². The molecule has 3 heterocycles. The second-order valence-electron chi connectivity index (χ2n) is 8.85. The maximum Gasteiger partial charge on any atom is 0.269 e. The molecule has 3 aromatic rings. The number of carbonyl (C=O) groups is 3. The Morgan fingerprint density at radius 1 is 0.917 bits per heavy atom. The van der Waals surface area contributed by atoms with E-state index in [1.807, 2.05) is 24.3 Å². The molecule has 0 aliphatic carbocycles. The molecular formula is C26H17ClN4O5. The molecule has 0 saturated carbocycles. The van der Waals surface area contributed by atoms with Crippen LogP contribution in [0.15, 0.2) is 77.9 Å². The molecule has 0 radical (unpaired) electrons. The summed E-state index contributed by atoms with van der Waals surface area (Å²) in [5, 5.41) is 17.6.